The second kappa shape index (κ2) is 18.3. The number of benzene rings is 2. The molecule has 13 nitrogen and oxygen atoms in total. The Morgan fingerprint density at radius 1 is 1.08 bits per heavy atom. The standard InChI is InChI=1S/C37H52N6O7S2/c1-25(50-37(3,4)5)34(41-36(46)42(6)22-30-24-51-26(2)39-30)35(45)40-32(19-27-11-8-7-9-12-27)33(44)23-43(21-29-13-10-14-29)52(48,49)31-17-15-28(16-18-31)20-38-47/h7-9,11-12,15-18,24-25,29,32-34,44H,10,13-14,19-23H2,1-6H3,(H,40,45)(H,41,46)/t25-,32-,33+,34-/m0/s1. The van der Waals surface area contributed by atoms with Gasteiger partial charge in [0.25, 0.3) is 0 Å². The summed E-state index contributed by atoms with van der Waals surface area (Å²) in [5.74, 6) is -0.446. The van der Waals surface area contributed by atoms with Gasteiger partial charge in [-0.05, 0) is 83.1 Å². The molecule has 15 heteroatoms. The molecule has 0 radical (unpaired) electrons. The van der Waals surface area contributed by atoms with Gasteiger partial charge in [-0.2, -0.15) is 9.21 Å². The number of nitrogens with zero attached hydrogens (tertiary/aromatic N) is 4. The van der Waals surface area contributed by atoms with Gasteiger partial charge in [0, 0.05) is 25.5 Å². The predicted octanol–water partition coefficient (Wildman–Crippen LogP) is 5.01. The zero-order chi connectivity index (χ0) is 38.1. The first-order chi connectivity index (χ1) is 24.5. The minimum atomic E-state index is -4.07. The summed E-state index contributed by atoms with van der Waals surface area (Å²) >= 11 is 1.48. The minimum absolute atomic E-state index is 0.0326. The smallest absolute Gasteiger partial charge is 0.318 e. The first-order valence-electron chi connectivity index (χ1n) is 17.6. The van der Waals surface area contributed by atoms with E-state index in [1.165, 1.54) is 32.7 Å². The Balaban J connectivity index is 1.60. The van der Waals surface area contributed by atoms with Gasteiger partial charge in [-0.15, -0.1) is 11.3 Å². The molecule has 0 unspecified atom stereocenters. The molecule has 1 fully saturated rings. The third-order valence-electron chi connectivity index (χ3n) is 8.96. The molecular formula is C37H52N6O7S2. The highest BCUT2D eigenvalue weighted by molar-refractivity contribution is 7.89. The number of urea groups is 1. The number of aryl methyl sites for hydroxylation is 1. The highest BCUT2D eigenvalue weighted by Gasteiger charge is 2.37. The molecule has 284 valence electrons. The summed E-state index contributed by atoms with van der Waals surface area (Å²) in [5.41, 5.74) is 1.48. The Morgan fingerprint density at radius 3 is 2.31 bits per heavy atom. The van der Waals surface area contributed by atoms with Gasteiger partial charge >= 0.3 is 6.03 Å². The molecule has 1 heterocycles. The average molecular weight is 757 g/mol. The highest BCUT2D eigenvalue weighted by atomic mass is 32.2. The van der Waals surface area contributed by atoms with E-state index in [1.54, 1.807) is 26.1 Å². The van der Waals surface area contributed by atoms with Crippen LogP contribution in [0.1, 0.15) is 68.8 Å². The number of carbonyl (C=O) groups excluding carboxylic acids is 2. The van der Waals surface area contributed by atoms with Crippen molar-refractivity contribution in [1.29, 1.82) is 0 Å². The summed E-state index contributed by atoms with van der Waals surface area (Å²) in [6.07, 6.45) is 0.836. The monoisotopic (exact) mass is 756 g/mol. The zero-order valence-corrected chi connectivity index (χ0v) is 32.5. The Bertz CT molecular complexity index is 1730. The molecular weight excluding hydrogens is 705 g/mol. The van der Waals surface area contributed by atoms with Gasteiger partial charge in [-0.1, -0.05) is 54.1 Å². The van der Waals surface area contributed by atoms with Crippen molar-refractivity contribution in [3.8, 4) is 0 Å². The first kappa shape index (κ1) is 41.0. The van der Waals surface area contributed by atoms with Gasteiger partial charge in [-0.3, -0.25) is 4.79 Å². The quantitative estimate of drug-likeness (QED) is 0.152. The van der Waals surface area contributed by atoms with Crippen LogP contribution in [-0.2, 0) is 39.1 Å². The third kappa shape index (κ3) is 11.9. The topological polar surface area (TPSA) is 171 Å². The molecule has 52 heavy (non-hydrogen) atoms. The van der Waals surface area contributed by atoms with E-state index in [2.05, 4.69) is 20.8 Å². The molecule has 0 saturated heterocycles. The molecule has 0 aliphatic heterocycles. The van der Waals surface area contributed by atoms with Crippen LogP contribution in [0.2, 0.25) is 0 Å². The largest absolute Gasteiger partial charge is 0.390 e. The van der Waals surface area contributed by atoms with Crippen molar-refractivity contribution in [2.45, 2.75) is 108 Å². The normalized spacial score (nSPS) is 16.0. The summed E-state index contributed by atoms with van der Waals surface area (Å²) in [6, 6.07) is 12.7. The SMILES string of the molecule is Cc1nc(CN(C)C(=O)N[C@H](C(=O)N[C@@H](Cc2ccccc2)[C@H](O)CN(CC2CCC2)S(=O)(=O)c2ccc(CN=O)cc2)[C@H](C)OC(C)(C)C)cs1. The number of amides is 3. The van der Waals surface area contributed by atoms with Crippen LogP contribution in [0, 0.1) is 17.7 Å². The number of hydrogen-bond donors (Lipinski definition) is 3. The van der Waals surface area contributed by atoms with Crippen molar-refractivity contribution >= 4 is 33.3 Å². The maximum atomic E-state index is 14.2. The fraction of sp³-hybridized carbons (Fsp3) is 0.541. The van der Waals surface area contributed by atoms with E-state index in [1.807, 2.05) is 63.4 Å². The number of hydrogen-bond acceptors (Lipinski definition) is 10. The van der Waals surface area contributed by atoms with E-state index in [-0.39, 0.29) is 43.4 Å². The summed E-state index contributed by atoms with van der Waals surface area (Å²) in [4.78, 5) is 44.3. The van der Waals surface area contributed by atoms with Crippen molar-refractivity contribution in [1.82, 2.24) is 24.8 Å². The lowest BCUT2D eigenvalue weighted by atomic mass is 9.85. The van der Waals surface area contributed by atoms with E-state index in [0.717, 1.165) is 35.5 Å². The van der Waals surface area contributed by atoms with Crippen molar-refractivity contribution in [3.05, 3.63) is 86.7 Å². The molecule has 1 aliphatic carbocycles. The first-order valence-corrected chi connectivity index (χ1v) is 19.9. The lowest BCUT2D eigenvalue weighted by molar-refractivity contribution is -0.132. The predicted molar refractivity (Wildman–Crippen MR) is 201 cm³/mol. The van der Waals surface area contributed by atoms with E-state index < -0.39 is 51.9 Å². The molecule has 3 amide bonds. The molecule has 4 rings (SSSR count). The molecule has 1 aromatic heterocycles. The second-order valence-electron chi connectivity index (χ2n) is 14.5. The lowest BCUT2D eigenvalue weighted by Gasteiger charge is -2.36. The second-order valence-corrected chi connectivity index (χ2v) is 17.5. The van der Waals surface area contributed by atoms with Crippen LogP contribution in [0.4, 0.5) is 4.79 Å². The van der Waals surface area contributed by atoms with Gasteiger partial charge < -0.3 is 25.4 Å². The number of aliphatic hydroxyl groups is 1. The number of sulfonamides is 1. The molecule has 4 atom stereocenters. The number of nitrogens with one attached hydrogen (secondary N) is 2. The third-order valence-corrected chi connectivity index (χ3v) is 11.6. The van der Waals surface area contributed by atoms with Gasteiger partial charge in [0.1, 0.15) is 12.6 Å². The van der Waals surface area contributed by atoms with E-state index in [4.69, 9.17) is 4.74 Å². The van der Waals surface area contributed by atoms with Gasteiger partial charge in [0.2, 0.25) is 15.9 Å². The maximum absolute atomic E-state index is 14.2. The van der Waals surface area contributed by atoms with E-state index in [9.17, 15) is 28.0 Å². The summed E-state index contributed by atoms with van der Waals surface area (Å²) < 4.78 is 35.5. The highest BCUT2D eigenvalue weighted by Crippen LogP contribution is 2.30. The molecule has 3 N–H and O–H groups in total. The fourth-order valence-corrected chi connectivity index (χ4v) is 8.18. The van der Waals surface area contributed by atoms with Crippen molar-refractivity contribution in [3.63, 3.8) is 0 Å². The van der Waals surface area contributed by atoms with Crippen molar-refractivity contribution in [2.24, 2.45) is 11.1 Å². The Hall–Kier alpha value is -3.76. The molecule has 0 bridgehead atoms. The molecule has 2 aromatic carbocycles. The number of aromatic nitrogens is 1. The van der Waals surface area contributed by atoms with E-state index >= 15 is 0 Å². The minimum Gasteiger partial charge on any atom is -0.390 e. The number of aliphatic hydroxyl groups excluding tert-OH is 1. The van der Waals surface area contributed by atoms with Crippen LogP contribution in [0.25, 0.3) is 0 Å². The Labute approximate surface area is 311 Å². The van der Waals surface area contributed by atoms with Crippen LogP contribution >= 0.6 is 11.3 Å². The van der Waals surface area contributed by atoms with Gasteiger partial charge in [0.05, 0.1) is 46.0 Å². The van der Waals surface area contributed by atoms with Crippen LogP contribution in [0.3, 0.4) is 0 Å². The number of ether oxygens (including phenoxy) is 1. The average Bonchev–Trinajstić information content (AvgIpc) is 3.47. The van der Waals surface area contributed by atoms with Crippen molar-refractivity contribution < 1.29 is 27.9 Å². The van der Waals surface area contributed by atoms with Crippen LogP contribution in [0.15, 0.2) is 70.0 Å². The Kier molecular flexibility index (Phi) is 14.5. The zero-order valence-electron chi connectivity index (χ0n) is 30.8. The maximum Gasteiger partial charge on any atom is 0.318 e. The van der Waals surface area contributed by atoms with E-state index in [0.29, 0.717) is 5.56 Å². The molecule has 1 saturated carbocycles. The fourth-order valence-electron chi connectivity index (χ4n) is 6.04. The lowest BCUT2D eigenvalue weighted by Crippen LogP contribution is -2.60. The number of rotatable bonds is 18. The van der Waals surface area contributed by atoms with Crippen LogP contribution < -0.4 is 10.6 Å². The number of thiazole rings is 1. The van der Waals surface area contributed by atoms with Gasteiger partial charge in [0.15, 0.2) is 0 Å². The molecule has 1 aliphatic rings. The van der Waals surface area contributed by atoms with Gasteiger partial charge in [-0.25, -0.2) is 18.2 Å². The molecule has 3 aromatic rings. The van der Waals surface area contributed by atoms with Crippen LogP contribution in [0.5, 0.6) is 0 Å². The molecule has 0 spiro atoms. The summed E-state index contributed by atoms with van der Waals surface area (Å²) in [7, 11) is -2.46. The number of nitroso groups, excluding NO2 is 1. The summed E-state index contributed by atoms with van der Waals surface area (Å²) in [5, 5.41) is 23.3. The van der Waals surface area contributed by atoms with Crippen molar-refractivity contribution in [2.75, 3.05) is 20.1 Å². The summed E-state index contributed by atoms with van der Waals surface area (Å²) in [6.45, 7) is 9.22. The number of carbonyl (C=O) groups is 2. The van der Waals surface area contributed by atoms with Crippen LogP contribution in [-0.4, -0.2) is 89.7 Å². The Morgan fingerprint density at radius 2 is 1.75 bits per heavy atom.